The monoisotopic (exact) mass is 285 g/mol. The van der Waals surface area contributed by atoms with Crippen LogP contribution < -0.4 is 5.32 Å². The van der Waals surface area contributed by atoms with Crippen LogP contribution in [0, 0.1) is 6.92 Å². The third kappa shape index (κ3) is 2.55. The van der Waals surface area contributed by atoms with Crippen molar-refractivity contribution in [2.75, 3.05) is 5.32 Å². The summed E-state index contributed by atoms with van der Waals surface area (Å²) in [4.78, 5) is 0. The summed E-state index contributed by atoms with van der Waals surface area (Å²) in [7, 11) is 0. The van der Waals surface area contributed by atoms with E-state index in [9.17, 15) is 0 Å². The molecular weight excluding hydrogens is 266 g/mol. The summed E-state index contributed by atoms with van der Waals surface area (Å²) in [5, 5.41) is 4.43. The normalized spacial score (nSPS) is 21.4. The molecule has 0 radical (unpaired) electrons. The molecular formula is C18H20ClN. The number of benzene rings is 2. The highest BCUT2D eigenvalue weighted by Gasteiger charge is 2.24. The van der Waals surface area contributed by atoms with Crippen molar-refractivity contribution in [2.24, 2.45) is 0 Å². The van der Waals surface area contributed by atoms with Gasteiger partial charge < -0.3 is 5.32 Å². The van der Waals surface area contributed by atoms with Crippen LogP contribution in [0.15, 0.2) is 42.5 Å². The van der Waals surface area contributed by atoms with Crippen LogP contribution in [0.25, 0.3) is 0 Å². The molecule has 104 valence electrons. The van der Waals surface area contributed by atoms with Gasteiger partial charge in [0.05, 0.1) is 16.8 Å². The molecule has 0 fully saturated rings. The number of rotatable bonds is 2. The maximum atomic E-state index is 6.31. The van der Waals surface area contributed by atoms with Gasteiger partial charge in [-0.3, -0.25) is 0 Å². The molecule has 1 aliphatic carbocycles. The molecule has 2 aromatic rings. The third-order valence-electron chi connectivity index (χ3n) is 4.24. The van der Waals surface area contributed by atoms with Gasteiger partial charge in [-0.1, -0.05) is 48.9 Å². The molecule has 0 saturated heterocycles. The smallest absolute Gasteiger partial charge is 0.0637 e. The van der Waals surface area contributed by atoms with Crippen LogP contribution in [0.2, 0.25) is 5.02 Å². The van der Waals surface area contributed by atoms with Gasteiger partial charge in [0.15, 0.2) is 0 Å². The second kappa shape index (κ2) is 5.49. The van der Waals surface area contributed by atoms with Crippen molar-refractivity contribution < 1.29 is 0 Å². The van der Waals surface area contributed by atoms with E-state index < -0.39 is 0 Å². The second-order valence-corrected chi connectivity index (χ2v) is 6.19. The molecule has 20 heavy (non-hydrogen) atoms. The molecule has 0 bridgehead atoms. The standard InChI is InChI=1S/C18H20ClN/c1-12-7-9-16(19)18(11-12)20-17-10-8-13(2)14-5-3-4-6-15(14)17/h3-7,9,11,13,17,20H,8,10H2,1-2H3. The van der Waals surface area contributed by atoms with Crippen molar-refractivity contribution in [3.05, 3.63) is 64.2 Å². The van der Waals surface area contributed by atoms with Crippen LogP contribution in [0.5, 0.6) is 0 Å². The lowest BCUT2D eigenvalue weighted by molar-refractivity contribution is 0.534. The first-order valence-corrected chi connectivity index (χ1v) is 7.64. The van der Waals surface area contributed by atoms with Crippen molar-refractivity contribution in [2.45, 2.75) is 38.6 Å². The van der Waals surface area contributed by atoms with Crippen molar-refractivity contribution >= 4 is 17.3 Å². The minimum atomic E-state index is 0.363. The van der Waals surface area contributed by atoms with Crippen molar-refractivity contribution in [1.82, 2.24) is 0 Å². The second-order valence-electron chi connectivity index (χ2n) is 5.79. The van der Waals surface area contributed by atoms with Crippen LogP contribution in [0.4, 0.5) is 5.69 Å². The summed E-state index contributed by atoms with van der Waals surface area (Å²) in [5.74, 6) is 0.650. The maximum Gasteiger partial charge on any atom is 0.0637 e. The Hall–Kier alpha value is -1.47. The average molecular weight is 286 g/mol. The zero-order valence-electron chi connectivity index (χ0n) is 12.0. The fourth-order valence-corrected chi connectivity index (χ4v) is 3.26. The van der Waals surface area contributed by atoms with Crippen molar-refractivity contribution in [1.29, 1.82) is 0 Å². The van der Waals surface area contributed by atoms with E-state index in [1.54, 1.807) is 0 Å². The van der Waals surface area contributed by atoms with Crippen LogP contribution in [-0.2, 0) is 0 Å². The van der Waals surface area contributed by atoms with E-state index >= 15 is 0 Å². The van der Waals surface area contributed by atoms with E-state index in [0.717, 1.165) is 17.1 Å². The lowest BCUT2D eigenvalue weighted by Gasteiger charge is -2.31. The molecule has 0 spiro atoms. The lowest BCUT2D eigenvalue weighted by Crippen LogP contribution is -2.19. The lowest BCUT2D eigenvalue weighted by atomic mass is 9.81. The minimum Gasteiger partial charge on any atom is -0.377 e. The summed E-state index contributed by atoms with van der Waals surface area (Å²) in [5.41, 5.74) is 5.17. The van der Waals surface area contributed by atoms with Gasteiger partial charge in [0, 0.05) is 0 Å². The van der Waals surface area contributed by atoms with Crippen LogP contribution in [0.3, 0.4) is 0 Å². The predicted molar refractivity (Wildman–Crippen MR) is 86.6 cm³/mol. The van der Waals surface area contributed by atoms with Gasteiger partial charge in [-0.05, 0) is 54.5 Å². The number of anilines is 1. The van der Waals surface area contributed by atoms with Gasteiger partial charge in [-0.25, -0.2) is 0 Å². The maximum absolute atomic E-state index is 6.31. The number of halogens is 1. The third-order valence-corrected chi connectivity index (χ3v) is 4.57. The first kappa shape index (κ1) is 13.5. The Bertz CT molecular complexity index is 621. The number of aryl methyl sites for hydroxylation is 1. The van der Waals surface area contributed by atoms with E-state index in [1.165, 1.54) is 23.1 Å². The van der Waals surface area contributed by atoms with E-state index in [-0.39, 0.29) is 0 Å². The van der Waals surface area contributed by atoms with Crippen molar-refractivity contribution in [3.8, 4) is 0 Å². The van der Waals surface area contributed by atoms with Gasteiger partial charge in [0.1, 0.15) is 0 Å². The minimum absolute atomic E-state index is 0.363. The first-order valence-electron chi connectivity index (χ1n) is 7.26. The quantitative estimate of drug-likeness (QED) is 0.746. The van der Waals surface area contributed by atoms with E-state index in [4.69, 9.17) is 11.6 Å². The Morgan fingerprint density at radius 3 is 2.60 bits per heavy atom. The summed E-state index contributed by atoms with van der Waals surface area (Å²) in [6.07, 6.45) is 2.38. The molecule has 1 N–H and O–H groups in total. The van der Waals surface area contributed by atoms with Gasteiger partial charge in [0.2, 0.25) is 0 Å². The molecule has 0 aromatic heterocycles. The molecule has 3 rings (SSSR count). The number of fused-ring (bicyclic) bond motifs is 1. The molecule has 0 saturated carbocycles. The SMILES string of the molecule is Cc1ccc(Cl)c(NC2CCC(C)c3ccccc32)c1. The Morgan fingerprint density at radius 2 is 1.80 bits per heavy atom. The zero-order chi connectivity index (χ0) is 14.1. The molecule has 2 unspecified atom stereocenters. The number of hydrogen-bond acceptors (Lipinski definition) is 1. The van der Waals surface area contributed by atoms with Gasteiger partial charge in [-0.2, -0.15) is 0 Å². The molecule has 1 nitrogen and oxygen atoms in total. The largest absolute Gasteiger partial charge is 0.377 e. The van der Waals surface area contributed by atoms with E-state index in [0.29, 0.717) is 12.0 Å². The van der Waals surface area contributed by atoms with Crippen LogP contribution >= 0.6 is 11.6 Å². The van der Waals surface area contributed by atoms with Gasteiger partial charge in [0.25, 0.3) is 0 Å². The number of hydrogen-bond donors (Lipinski definition) is 1. The molecule has 0 heterocycles. The van der Waals surface area contributed by atoms with E-state index in [1.807, 2.05) is 12.1 Å². The Kier molecular flexibility index (Phi) is 3.71. The molecule has 2 aromatic carbocycles. The zero-order valence-corrected chi connectivity index (χ0v) is 12.7. The molecule has 1 aliphatic rings. The molecule has 2 atom stereocenters. The summed E-state index contributed by atoms with van der Waals surface area (Å²) in [6.45, 7) is 4.41. The van der Waals surface area contributed by atoms with Crippen molar-refractivity contribution in [3.63, 3.8) is 0 Å². The summed E-state index contributed by atoms with van der Waals surface area (Å²) >= 11 is 6.31. The summed E-state index contributed by atoms with van der Waals surface area (Å²) in [6, 6.07) is 15.3. The number of nitrogens with one attached hydrogen (secondary N) is 1. The highest BCUT2D eigenvalue weighted by Crippen LogP contribution is 2.39. The van der Waals surface area contributed by atoms with Gasteiger partial charge in [-0.15, -0.1) is 0 Å². The topological polar surface area (TPSA) is 12.0 Å². The average Bonchev–Trinajstić information content (AvgIpc) is 2.46. The Labute approximate surface area is 126 Å². The molecule has 0 amide bonds. The fraction of sp³-hybridized carbons (Fsp3) is 0.333. The van der Waals surface area contributed by atoms with Crippen LogP contribution in [-0.4, -0.2) is 0 Å². The first-order chi connectivity index (χ1) is 9.65. The highest BCUT2D eigenvalue weighted by molar-refractivity contribution is 6.33. The molecule has 2 heteroatoms. The molecule has 0 aliphatic heterocycles. The fourth-order valence-electron chi connectivity index (χ4n) is 3.09. The van der Waals surface area contributed by atoms with E-state index in [2.05, 4.69) is 49.5 Å². The Morgan fingerprint density at radius 1 is 1.05 bits per heavy atom. The summed E-state index contributed by atoms with van der Waals surface area (Å²) < 4.78 is 0. The Balaban J connectivity index is 1.92. The predicted octanol–water partition coefficient (Wildman–Crippen LogP) is 5.70. The highest BCUT2D eigenvalue weighted by atomic mass is 35.5. The van der Waals surface area contributed by atoms with Crippen LogP contribution in [0.1, 0.15) is 48.4 Å². The van der Waals surface area contributed by atoms with Gasteiger partial charge >= 0.3 is 0 Å².